The summed E-state index contributed by atoms with van der Waals surface area (Å²) >= 11 is 3.25. The molecule has 0 fully saturated rings. The highest BCUT2D eigenvalue weighted by atomic mass is 79.9. The van der Waals surface area contributed by atoms with Crippen molar-refractivity contribution in [1.82, 2.24) is 4.90 Å². The first-order valence-corrected chi connectivity index (χ1v) is 6.13. The van der Waals surface area contributed by atoms with Crippen LogP contribution < -0.4 is 5.73 Å². The van der Waals surface area contributed by atoms with Gasteiger partial charge in [0.1, 0.15) is 5.82 Å². The summed E-state index contributed by atoms with van der Waals surface area (Å²) < 4.78 is 13.8. The van der Waals surface area contributed by atoms with E-state index in [0.717, 1.165) is 18.5 Å². The average molecular weight is 289 g/mol. The van der Waals surface area contributed by atoms with Crippen LogP contribution in [0.4, 0.5) is 4.39 Å². The van der Waals surface area contributed by atoms with Crippen molar-refractivity contribution in [1.29, 1.82) is 0 Å². The Morgan fingerprint density at radius 3 is 2.75 bits per heavy atom. The highest BCUT2D eigenvalue weighted by molar-refractivity contribution is 9.10. The van der Waals surface area contributed by atoms with E-state index in [1.54, 1.807) is 6.07 Å². The predicted molar refractivity (Wildman–Crippen MR) is 69.0 cm³/mol. The molecule has 0 aliphatic rings. The van der Waals surface area contributed by atoms with Gasteiger partial charge in [-0.3, -0.25) is 0 Å². The molecule has 1 atom stereocenters. The second-order valence-corrected chi connectivity index (χ2v) is 5.06. The Kier molecular flexibility index (Phi) is 5.38. The van der Waals surface area contributed by atoms with Crippen molar-refractivity contribution in [2.24, 2.45) is 5.73 Å². The number of nitrogens with two attached hydrogens (primary N) is 1. The maximum atomic E-state index is 13.2. The first kappa shape index (κ1) is 13.6. The first-order valence-electron chi connectivity index (χ1n) is 5.34. The van der Waals surface area contributed by atoms with E-state index in [9.17, 15) is 4.39 Å². The number of hydrogen-bond acceptors (Lipinski definition) is 2. The molecule has 2 nitrogen and oxygen atoms in total. The van der Waals surface area contributed by atoms with Gasteiger partial charge in [-0.2, -0.15) is 0 Å². The molecule has 1 unspecified atom stereocenters. The molecule has 1 aromatic carbocycles. The van der Waals surface area contributed by atoms with Gasteiger partial charge in [0.2, 0.25) is 0 Å². The number of nitrogens with zero attached hydrogens (tertiary/aromatic N) is 1. The summed E-state index contributed by atoms with van der Waals surface area (Å²) in [4.78, 5) is 2.10. The molecular formula is C12H18BrFN2. The molecule has 16 heavy (non-hydrogen) atoms. The fourth-order valence-corrected chi connectivity index (χ4v) is 1.94. The van der Waals surface area contributed by atoms with Gasteiger partial charge in [-0.1, -0.05) is 12.1 Å². The molecule has 0 radical (unpaired) electrons. The largest absolute Gasteiger partial charge is 0.327 e. The standard InChI is InChI=1S/C12H18BrFN2/c1-16(2)7-6-10(15)8-9-4-3-5-11(14)12(9)13/h3-5,10H,6-8,15H2,1-2H3. The Morgan fingerprint density at radius 2 is 2.12 bits per heavy atom. The van der Waals surface area contributed by atoms with Gasteiger partial charge in [-0.25, -0.2) is 4.39 Å². The lowest BCUT2D eigenvalue weighted by molar-refractivity contribution is 0.379. The summed E-state index contributed by atoms with van der Waals surface area (Å²) in [6.07, 6.45) is 1.61. The van der Waals surface area contributed by atoms with Gasteiger partial charge in [0.05, 0.1) is 4.47 Å². The maximum absolute atomic E-state index is 13.2. The first-order chi connectivity index (χ1) is 7.50. The molecule has 90 valence electrons. The van der Waals surface area contributed by atoms with E-state index >= 15 is 0 Å². The van der Waals surface area contributed by atoms with Gasteiger partial charge in [0.25, 0.3) is 0 Å². The molecule has 0 amide bonds. The van der Waals surface area contributed by atoms with E-state index in [1.165, 1.54) is 6.07 Å². The van der Waals surface area contributed by atoms with Crippen molar-refractivity contribution in [3.05, 3.63) is 34.1 Å². The minimum Gasteiger partial charge on any atom is -0.327 e. The van der Waals surface area contributed by atoms with Crippen LogP contribution in [0.1, 0.15) is 12.0 Å². The third-order valence-corrected chi connectivity index (χ3v) is 3.35. The zero-order valence-electron chi connectivity index (χ0n) is 9.71. The topological polar surface area (TPSA) is 29.3 Å². The molecule has 0 saturated carbocycles. The zero-order chi connectivity index (χ0) is 12.1. The summed E-state index contributed by atoms with van der Waals surface area (Å²) in [5, 5.41) is 0. The normalized spacial score (nSPS) is 13.1. The SMILES string of the molecule is CN(C)CCC(N)Cc1cccc(F)c1Br. The van der Waals surface area contributed by atoms with Crippen LogP contribution in [0.15, 0.2) is 22.7 Å². The lowest BCUT2D eigenvalue weighted by atomic mass is 10.0. The van der Waals surface area contributed by atoms with Gasteiger partial charge < -0.3 is 10.6 Å². The number of benzene rings is 1. The highest BCUT2D eigenvalue weighted by Crippen LogP contribution is 2.21. The van der Waals surface area contributed by atoms with Crippen molar-refractivity contribution in [3.8, 4) is 0 Å². The van der Waals surface area contributed by atoms with E-state index in [-0.39, 0.29) is 11.9 Å². The molecule has 0 saturated heterocycles. The van der Waals surface area contributed by atoms with Crippen LogP contribution in [-0.2, 0) is 6.42 Å². The minimum absolute atomic E-state index is 0.0699. The lowest BCUT2D eigenvalue weighted by Crippen LogP contribution is -2.28. The number of halogens is 2. The van der Waals surface area contributed by atoms with E-state index < -0.39 is 0 Å². The monoisotopic (exact) mass is 288 g/mol. The fraction of sp³-hybridized carbons (Fsp3) is 0.500. The van der Waals surface area contributed by atoms with Crippen LogP contribution in [0.5, 0.6) is 0 Å². The third kappa shape index (κ3) is 4.20. The minimum atomic E-state index is -0.225. The molecule has 0 bridgehead atoms. The van der Waals surface area contributed by atoms with Gasteiger partial charge >= 0.3 is 0 Å². The molecule has 1 aromatic rings. The average Bonchev–Trinajstić information content (AvgIpc) is 2.22. The highest BCUT2D eigenvalue weighted by Gasteiger charge is 2.09. The summed E-state index contributed by atoms with van der Waals surface area (Å²) in [7, 11) is 4.04. The lowest BCUT2D eigenvalue weighted by Gasteiger charge is -2.16. The maximum Gasteiger partial charge on any atom is 0.137 e. The summed E-state index contributed by atoms with van der Waals surface area (Å²) in [5.74, 6) is -0.225. The second kappa shape index (κ2) is 6.33. The van der Waals surface area contributed by atoms with Crippen molar-refractivity contribution in [3.63, 3.8) is 0 Å². The van der Waals surface area contributed by atoms with E-state index in [1.807, 2.05) is 20.2 Å². The van der Waals surface area contributed by atoms with Gasteiger partial charge in [-0.05, 0) is 61.0 Å². The van der Waals surface area contributed by atoms with Gasteiger partial charge in [0.15, 0.2) is 0 Å². The van der Waals surface area contributed by atoms with Crippen molar-refractivity contribution < 1.29 is 4.39 Å². The molecular weight excluding hydrogens is 271 g/mol. The van der Waals surface area contributed by atoms with Crippen molar-refractivity contribution in [2.75, 3.05) is 20.6 Å². The molecule has 0 aliphatic heterocycles. The van der Waals surface area contributed by atoms with E-state index in [4.69, 9.17) is 5.73 Å². The summed E-state index contributed by atoms with van der Waals surface area (Å²) in [6, 6.07) is 5.14. The molecule has 2 N–H and O–H groups in total. The molecule has 1 rings (SSSR count). The third-order valence-electron chi connectivity index (χ3n) is 2.46. The van der Waals surface area contributed by atoms with Crippen LogP contribution in [0.2, 0.25) is 0 Å². The van der Waals surface area contributed by atoms with E-state index in [0.29, 0.717) is 10.9 Å². The Hall–Kier alpha value is -0.450. The van der Waals surface area contributed by atoms with Crippen LogP contribution in [0, 0.1) is 5.82 Å². The molecule has 4 heteroatoms. The number of rotatable bonds is 5. The van der Waals surface area contributed by atoms with E-state index in [2.05, 4.69) is 20.8 Å². The van der Waals surface area contributed by atoms with Crippen LogP contribution in [0.25, 0.3) is 0 Å². The molecule has 0 aromatic heterocycles. The molecule has 0 heterocycles. The summed E-state index contributed by atoms with van der Waals surface area (Å²) in [6.45, 7) is 0.952. The summed E-state index contributed by atoms with van der Waals surface area (Å²) in [5.41, 5.74) is 6.94. The predicted octanol–water partition coefficient (Wildman–Crippen LogP) is 2.41. The Labute approximate surface area is 105 Å². The number of hydrogen-bond donors (Lipinski definition) is 1. The smallest absolute Gasteiger partial charge is 0.137 e. The quantitative estimate of drug-likeness (QED) is 0.902. The fourth-order valence-electron chi connectivity index (χ4n) is 1.51. The van der Waals surface area contributed by atoms with Crippen LogP contribution in [-0.4, -0.2) is 31.6 Å². The van der Waals surface area contributed by atoms with Crippen LogP contribution >= 0.6 is 15.9 Å². The Morgan fingerprint density at radius 1 is 1.44 bits per heavy atom. The van der Waals surface area contributed by atoms with Gasteiger partial charge in [0, 0.05) is 6.04 Å². The van der Waals surface area contributed by atoms with Crippen molar-refractivity contribution >= 4 is 15.9 Å². The van der Waals surface area contributed by atoms with Crippen molar-refractivity contribution in [2.45, 2.75) is 18.9 Å². The zero-order valence-corrected chi connectivity index (χ0v) is 11.3. The Bertz CT molecular complexity index is 342. The Balaban J connectivity index is 2.56. The van der Waals surface area contributed by atoms with Crippen LogP contribution in [0.3, 0.4) is 0 Å². The second-order valence-electron chi connectivity index (χ2n) is 4.27. The molecule has 0 aliphatic carbocycles. The molecule has 0 spiro atoms. The van der Waals surface area contributed by atoms with Gasteiger partial charge in [-0.15, -0.1) is 0 Å².